The molecule has 98 valence electrons. The van der Waals surface area contributed by atoms with Gasteiger partial charge < -0.3 is 10.5 Å². The Morgan fingerprint density at radius 3 is 2.89 bits per heavy atom. The molecule has 2 rings (SSSR count). The van der Waals surface area contributed by atoms with Crippen molar-refractivity contribution in [1.29, 1.82) is 5.41 Å². The minimum absolute atomic E-state index is 0.116. The topological polar surface area (TPSA) is 72.0 Å². The van der Waals surface area contributed by atoms with Crippen LogP contribution in [0.1, 0.15) is 16.8 Å². The molecular weight excluding hydrogens is 245 g/mol. The molecule has 2 aromatic rings. The smallest absolute Gasteiger partial charge is 0.142 e. The van der Waals surface area contributed by atoms with Gasteiger partial charge in [-0.25, -0.2) is 4.39 Å². The third-order valence-electron chi connectivity index (χ3n) is 2.68. The van der Waals surface area contributed by atoms with Crippen LogP contribution in [0.5, 0.6) is 5.75 Å². The highest BCUT2D eigenvalue weighted by atomic mass is 19.1. The molecule has 0 spiro atoms. The molecule has 0 aliphatic carbocycles. The van der Waals surface area contributed by atoms with Crippen molar-refractivity contribution < 1.29 is 9.13 Å². The summed E-state index contributed by atoms with van der Waals surface area (Å²) >= 11 is 0. The van der Waals surface area contributed by atoms with Crippen LogP contribution in [0.4, 0.5) is 4.39 Å². The van der Waals surface area contributed by atoms with Crippen molar-refractivity contribution >= 4 is 5.84 Å². The van der Waals surface area contributed by atoms with Gasteiger partial charge in [0.05, 0.1) is 0 Å². The summed E-state index contributed by atoms with van der Waals surface area (Å²) in [5.41, 5.74) is 7.08. The molecule has 3 N–H and O–H groups in total. The largest absolute Gasteiger partial charge is 0.489 e. The number of nitrogens with zero attached hydrogens (tertiary/aromatic N) is 1. The number of aryl methyl sites for hydroxylation is 1. The maximum Gasteiger partial charge on any atom is 0.142 e. The van der Waals surface area contributed by atoms with Crippen LogP contribution in [0, 0.1) is 18.2 Å². The average Bonchev–Trinajstić information content (AvgIpc) is 2.40. The van der Waals surface area contributed by atoms with Crippen molar-refractivity contribution in [2.45, 2.75) is 13.5 Å². The van der Waals surface area contributed by atoms with E-state index in [1.54, 1.807) is 37.4 Å². The van der Waals surface area contributed by atoms with Gasteiger partial charge in [0, 0.05) is 17.8 Å². The Morgan fingerprint density at radius 1 is 1.42 bits per heavy atom. The predicted molar refractivity (Wildman–Crippen MR) is 70.7 cm³/mol. The molecular formula is C14H14FN3O. The maximum absolute atomic E-state index is 13.4. The number of amidine groups is 1. The zero-order valence-corrected chi connectivity index (χ0v) is 10.5. The minimum atomic E-state index is -0.310. The van der Waals surface area contributed by atoms with E-state index in [0.717, 1.165) is 0 Å². The maximum atomic E-state index is 13.4. The molecule has 0 saturated heterocycles. The molecule has 0 bridgehead atoms. The third-order valence-corrected chi connectivity index (χ3v) is 2.68. The summed E-state index contributed by atoms with van der Waals surface area (Å²) in [5, 5.41) is 7.42. The van der Waals surface area contributed by atoms with E-state index in [1.165, 1.54) is 6.07 Å². The van der Waals surface area contributed by atoms with Gasteiger partial charge in [-0.05, 0) is 24.6 Å². The third kappa shape index (κ3) is 3.07. The molecule has 1 aromatic carbocycles. The molecule has 0 unspecified atom stereocenters. The van der Waals surface area contributed by atoms with E-state index in [1.807, 2.05) is 0 Å². The first-order chi connectivity index (χ1) is 9.08. The molecule has 1 aromatic heterocycles. The molecule has 19 heavy (non-hydrogen) atoms. The normalized spacial score (nSPS) is 10.2. The molecule has 0 saturated carbocycles. The van der Waals surface area contributed by atoms with Crippen LogP contribution in [0.25, 0.3) is 0 Å². The van der Waals surface area contributed by atoms with Crippen LogP contribution in [0.15, 0.2) is 36.5 Å². The highest BCUT2D eigenvalue weighted by Gasteiger charge is 2.07. The first-order valence-corrected chi connectivity index (χ1v) is 5.75. The van der Waals surface area contributed by atoms with Gasteiger partial charge in [-0.15, -0.1) is 0 Å². The Kier molecular flexibility index (Phi) is 3.75. The lowest BCUT2D eigenvalue weighted by atomic mass is 10.2. The number of aromatic nitrogens is 1. The molecule has 0 aliphatic rings. The van der Waals surface area contributed by atoms with Crippen LogP contribution >= 0.6 is 0 Å². The first-order valence-electron chi connectivity index (χ1n) is 5.75. The van der Waals surface area contributed by atoms with Crippen LogP contribution in [0.3, 0.4) is 0 Å². The Bertz CT molecular complexity index is 613. The standard InChI is InChI=1S/C14H14FN3O/c1-9-4-5-11(7-12(9)15)19-8-10-3-2-6-18-13(10)14(16)17/h2-7H,8H2,1H3,(H3,16,17). The summed E-state index contributed by atoms with van der Waals surface area (Å²) in [6.45, 7) is 1.87. The summed E-state index contributed by atoms with van der Waals surface area (Å²) < 4.78 is 18.9. The molecule has 0 fully saturated rings. The minimum Gasteiger partial charge on any atom is -0.489 e. The number of pyridine rings is 1. The van der Waals surface area contributed by atoms with Crippen molar-refractivity contribution in [2.75, 3.05) is 0 Å². The molecule has 1 heterocycles. The summed E-state index contributed by atoms with van der Waals surface area (Å²) in [6, 6.07) is 8.19. The van der Waals surface area contributed by atoms with Gasteiger partial charge in [0.2, 0.25) is 0 Å². The van der Waals surface area contributed by atoms with E-state index >= 15 is 0 Å². The second kappa shape index (κ2) is 5.48. The zero-order valence-electron chi connectivity index (χ0n) is 10.5. The van der Waals surface area contributed by atoms with Crippen molar-refractivity contribution in [2.24, 2.45) is 5.73 Å². The number of hydrogen-bond donors (Lipinski definition) is 2. The summed E-state index contributed by atoms with van der Waals surface area (Å²) in [7, 11) is 0. The highest BCUT2D eigenvalue weighted by molar-refractivity contribution is 5.94. The Morgan fingerprint density at radius 2 is 2.21 bits per heavy atom. The number of ether oxygens (including phenoxy) is 1. The zero-order chi connectivity index (χ0) is 13.8. The SMILES string of the molecule is Cc1ccc(OCc2cccnc2C(=N)N)cc1F. The van der Waals surface area contributed by atoms with Crippen molar-refractivity contribution in [3.63, 3.8) is 0 Å². The number of nitrogens with one attached hydrogen (secondary N) is 1. The number of rotatable bonds is 4. The molecule has 0 aliphatic heterocycles. The van der Waals surface area contributed by atoms with Gasteiger partial charge in [0.25, 0.3) is 0 Å². The Balaban J connectivity index is 2.14. The van der Waals surface area contributed by atoms with Crippen molar-refractivity contribution in [3.8, 4) is 5.75 Å². The van der Waals surface area contributed by atoms with Gasteiger partial charge >= 0.3 is 0 Å². The number of nitrogens with two attached hydrogens (primary N) is 1. The second-order valence-electron chi connectivity index (χ2n) is 4.12. The van der Waals surface area contributed by atoms with E-state index in [0.29, 0.717) is 22.6 Å². The fourth-order valence-corrected chi connectivity index (χ4v) is 1.62. The Labute approximate surface area is 110 Å². The molecule has 0 amide bonds. The summed E-state index contributed by atoms with van der Waals surface area (Å²) in [5.74, 6) is 0.00576. The van der Waals surface area contributed by atoms with Gasteiger partial charge in [0.15, 0.2) is 0 Å². The number of hydrogen-bond acceptors (Lipinski definition) is 3. The first kappa shape index (κ1) is 13.0. The average molecular weight is 259 g/mol. The predicted octanol–water partition coefficient (Wildman–Crippen LogP) is 2.39. The lowest BCUT2D eigenvalue weighted by Gasteiger charge is -2.09. The van der Waals surface area contributed by atoms with Crippen molar-refractivity contribution in [1.82, 2.24) is 4.98 Å². The van der Waals surface area contributed by atoms with Crippen molar-refractivity contribution in [3.05, 3.63) is 59.2 Å². The fourth-order valence-electron chi connectivity index (χ4n) is 1.62. The van der Waals surface area contributed by atoms with Gasteiger partial charge in [0.1, 0.15) is 29.7 Å². The highest BCUT2D eigenvalue weighted by Crippen LogP contribution is 2.17. The molecule has 0 atom stereocenters. The Hall–Kier alpha value is -2.43. The van der Waals surface area contributed by atoms with Crippen LogP contribution in [0.2, 0.25) is 0 Å². The number of benzene rings is 1. The quantitative estimate of drug-likeness (QED) is 0.654. The lowest BCUT2D eigenvalue weighted by molar-refractivity contribution is 0.303. The van der Waals surface area contributed by atoms with E-state index in [2.05, 4.69) is 4.98 Å². The van der Waals surface area contributed by atoms with Crippen LogP contribution < -0.4 is 10.5 Å². The van der Waals surface area contributed by atoms with E-state index in [4.69, 9.17) is 15.9 Å². The summed E-state index contributed by atoms with van der Waals surface area (Å²) in [4.78, 5) is 4.02. The van der Waals surface area contributed by atoms with Crippen LogP contribution in [-0.2, 0) is 6.61 Å². The molecule has 4 nitrogen and oxygen atoms in total. The van der Waals surface area contributed by atoms with Crippen LogP contribution in [-0.4, -0.2) is 10.8 Å². The van der Waals surface area contributed by atoms with Gasteiger partial charge in [-0.1, -0.05) is 12.1 Å². The lowest BCUT2D eigenvalue weighted by Crippen LogP contribution is -2.16. The number of nitrogen functional groups attached to an aromatic ring is 1. The van der Waals surface area contributed by atoms with E-state index < -0.39 is 0 Å². The fraction of sp³-hybridized carbons (Fsp3) is 0.143. The molecule has 0 radical (unpaired) electrons. The second-order valence-corrected chi connectivity index (χ2v) is 4.12. The van der Waals surface area contributed by atoms with E-state index in [-0.39, 0.29) is 18.3 Å². The van der Waals surface area contributed by atoms with E-state index in [9.17, 15) is 4.39 Å². The molecule has 5 heteroatoms. The number of halogens is 1. The van der Waals surface area contributed by atoms with Gasteiger partial charge in [-0.2, -0.15) is 0 Å². The van der Waals surface area contributed by atoms with Gasteiger partial charge in [-0.3, -0.25) is 10.4 Å². The monoisotopic (exact) mass is 259 g/mol. The summed E-state index contributed by atoms with van der Waals surface area (Å²) in [6.07, 6.45) is 1.56.